The highest BCUT2D eigenvalue weighted by molar-refractivity contribution is 6.45. The molecule has 1 aromatic rings. The van der Waals surface area contributed by atoms with Gasteiger partial charge in [0.05, 0.1) is 5.41 Å². The van der Waals surface area contributed by atoms with Crippen LogP contribution in [0.1, 0.15) is 44.5 Å². The van der Waals surface area contributed by atoms with Gasteiger partial charge < -0.3 is 0 Å². The molecule has 1 aromatic carbocycles. The summed E-state index contributed by atoms with van der Waals surface area (Å²) in [4.78, 5) is 25.6. The molecule has 0 radical (unpaired) electrons. The summed E-state index contributed by atoms with van der Waals surface area (Å²) in [5.74, 6) is -0.228. The van der Waals surface area contributed by atoms with Gasteiger partial charge in [0.1, 0.15) is 0 Å². The smallest absolute Gasteiger partial charge is 0.229 e. The van der Waals surface area contributed by atoms with Gasteiger partial charge in [0.25, 0.3) is 0 Å². The van der Waals surface area contributed by atoms with Crippen molar-refractivity contribution < 1.29 is 9.59 Å². The Hall–Kier alpha value is -1.96. The van der Waals surface area contributed by atoms with Gasteiger partial charge in [-0.3, -0.25) is 9.59 Å². The Balaban J connectivity index is 2.37. The Morgan fingerprint density at radius 3 is 2.23 bits per heavy atom. The summed E-state index contributed by atoms with van der Waals surface area (Å²) in [5, 5.41) is 0. The van der Waals surface area contributed by atoms with Crippen molar-refractivity contribution in [3.8, 4) is 0 Å². The topological polar surface area (TPSA) is 34.1 Å². The van der Waals surface area contributed by atoms with Crippen molar-refractivity contribution in [2.45, 2.75) is 34.1 Å². The predicted molar refractivity (Wildman–Crippen MR) is 89.7 cm³/mol. The van der Waals surface area contributed by atoms with Crippen LogP contribution in [0, 0.1) is 17.3 Å². The van der Waals surface area contributed by atoms with Gasteiger partial charge in [-0.2, -0.15) is 0 Å². The quantitative estimate of drug-likeness (QED) is 0.586. The van der Waals surface area contributed by atoms with E-state index in [0.29, 0.717) is 17.9 Å². The summed E-state index contributed by atoms with van der Waals surface area (Å²) in [5.41, 5.74) is 0.980. The van der Waals surface area contributed by atoms with Crippen molar-refractivity contribution in [1.82, 2.24) is 0 Å². The minimum absolute atomic E-state index is 0.0753. The Morgan fingerprint density at radius 2 is 1.68 bits per heavy atom. The minimum Gasteiger partial charge on any atom is -0.289 e. The molecule has 0 aliphatic heterocycles. The van der Waals surface area contributed by atoms with Gasteiger partial charge in [-0.15, -0.1) is 0 Å². The van der Waals surface area contributed by atoms with Crippen molar-refractivity contribution in [2.24, 2.45) is 17.3 Å². The summed E-state index contributed by atoms with van der Waals surface area (Å²) in [6.07, 6.45) is 6.57. The molecule has 0 amide bonds. The summed E-state index contributed by atoms with van der Waals surface area (Å²) in [7, 11) is 0. The average Bonchev–Trinajstić information content (AvgIpc) is 2.54. The second-order valence-corrected chi connectivity index (χ2v) is 6.65. The summed E-state index contributed by atoms with van der Waals surface area (Å²) in [6.45, 7) is 8.28. The molecule has 2 heteroatoms. The average molecular weight is 296 g/mol. The first-order valence-electron chi connectivity index (χ1n) is 7.91. The molecule has 0 N–H and O–H groups in total. The number of hydrogen-bond acceptors (Lipinski definition) is 2. The zero-order valence-electron chi connectivity index (χ0n) is 13.8. The lowest BCUT2D eigenvalue weighted by atomic mass is 9.65. The van der Waals surface area contributed by atoms with E-state index in [2.05, 4.69) is 19.9 Å². The number of carbonyl (C=O) groups is 2. The van der Waals surface area contributed by atoms with Gasteiger partial charge in [0.2, 0.25) is 11.6 Å². The molecule has 0 aromatic heterocycles. The van der Waals surface area contributed by atoms with E-state index in [1.807, 2.05) is 32.1 Å². The van der Waals surface area contributed by atoms with Gasteiger partial charge in [0, 0.05) is 5.56 Å². The molecule has 0 saturated heterocycles. The van der Waals surface area contributed by atoms with Crippen LogP contribution in [0.2, 0.25) is 0 Å². The molecule has 1 aliphatic carbocycles. The van der Waals surface area contributed by atoms with Crippen LogP contribution in [0.25, 0.3) is 0 Å². The first-order valence-corrected chi connectivity index (χ1v) is 7.91. The molecular weight excluding hydrogens is 272 g/mol. The Morgan fingerprint density at radius 1 is 1.05 bits per heavy atom. The van der Waals surface area contributed by atoms with Crippen molar-refractivity contribution >= 4 is 11.6 Å². The van der Waals surface area contributed by atoms with Gasteiger partial charge in [-0.1, -0.05) is 81.8 Å². The second kappa shape index (κ2) is 6.43. The van der Waals surface area contributed by atoms with Crippen LogP contribution in [0.4, 0.5) is 0 Å². The fraction of sp³-hybridized carbons (Fsp3) is 0.400. The third-order valence-corrected chi connectivity index (χ3v) is 4.64. The molecular formula is C20H24O2. The zero-order chi connectivity index (χ0) is 16.3. The molecule has 0 saturated carbocycles. The van der Waals surface area contributed by atoms with E-state index in [0.717, 1.165) is 0 Å². The second-order valence-electron chi connectivity index (χ2n) is 6.65. The van der Waals surface area contributed by atoms with Gasteiger partial charge in [0.15, 0.2) is 0 Å². The fourth-order valence-corrected chi connectivity index (χ4v) is 2.94. The lowest BCUT2D eigenvalue weighted by Gasteiger charge is -2.36. The highest BCUT2D eigenvalue weighted by Gasteiger charge is 2.44. The molecule has 1 unspecified atom stereocenters. The van der Waals surface area contributed by atoms with Crippen LogP contribution in [0.15, 0.2) is 54.1 Å². The third kappa shape index (κ3) is 2.96. The van der Waals surface area contributed by atoms with E-state index in [-0.39, 0.29) is 17.5 Å². The number of allylic oxidation sites excluding steroid dienone is 4. The lowest BCUT2D eigenvalue weighted by Crippen LogP contribution is -2.41. The normalized spacial score (nSPS) is 21.1. The highest BCUT2D eigenvalue weighted by Crippen LogP contribution is 2.42. The molecule has 0 spiro atoms. The maximum atomic E-state index is 13.0. The maximum absolute atomic E-state index is 13.0. The Kier molecular flexibility index (Phi) is 4.80. The van der Waals surface area contributed by atoms with Gasteiger partial charge >= 0.3 is 0 Å². The number of ketones is 2. The molecule has 2 nitrogen and oxygen atoms in total. The largest absolute Gasteiger partial charge is 0.289 e. The SMILES string of the molecule is CC(C)C1=CC=CC(C(=O)C(=O)c2ccccc2)(C(C)C)C1. The van der Waals surface area contributed by atoms with Gasteiger partial charge in [-0.25, -0.2) is 0 Å². The number of carbonyl (C=O) groups excluding carboxylic acids is 2. The number of rotatable bonds is 5. The van der Waals surface area contributed by atoms with Crippen LogP contribution >= 0.6 is 0 Å². The summed E-state index contributed by atoms with van der Waals surface area (Å²) < 4.78 is 0. The minimum atomic E-state index is -0.721. The summed E-state index contributed by atoms with van der Waals surface area (Å²) >= 11 is 0. The number of Topliss-reactive ketones (excluding diaryl/α,β-unsaturated/α-hetero) is 2. The van der Waals surface area contributed by atoms with E-state index in [9.17, 15) is 9.59 Å². The molecule has 0 heterocycles. The van der Waals surface area contributed by atoms with Crippen LogP contribution in [-0.4, -0.2) is 11.6 Å². The van der Waals surface area contributed by atoms with E-state index in [1.54, 1.807) is 24.3 Å². The molecule has 0 bridgehead atoms. The number of hydrogen-bond donors (Lipinski definition) is 0. The molecule has 1 aliphatic rings. The molecule has 2 rings (SSSR count). The first-order chi connectivity index (χ1) is 10.4. The first kappa shape index (κ1) is 16.4. The van der Waals surface area contributed by atoms with Gasteiger partial charge in [-0.05, 0) is 18.3 Å². The van der Waals surface area contributed by atoms with Crippen LogP contribution in [0.5, 0.6) is 0 Å². The molecule has 22 heavy (non-hydrogen) atoms. The van der Waals surface area contributed by atoms with E-state index >= 15 is 0 Å². The van der Waals surface area contributed by atoms with Crippen LogP contribution in [0.3, 0.4) is 0 Å². The van der Waals surface area contributed by atoms with Crippen molar-refractivity contribution in [2.75, 3.05) is 0 Å². The maximum Gasteiger partial charge on any atom is 0.229 e. The van der Waals surface area contributed by atoms with Crippen LogP contribution in [-0.2, 0) is 4.79 Å². The third-order valence-electron chi connectivity index (χ3n) is 4.64. The number of benzene rings is 1. The predicted octanol–water partition coefficient (Wildman–Crippen LogP) is 4.62. The Bertz CT molecular complexity index is 620. The molecule has 0 fully saturated rings. The fourth-order valence-electron chi connectivity index (χ4n) is 2.94. The monoisotopic (exact) mass is 296 g/mol. The molecule has 1 atom stereocenters. The lowest BCUT2D eigenvalue weighted by molar-refractivity contribution is -0.123. The van der Waals surface area contributed by atoms with Crippen LogP contribution < -0.4 is 0 Å². The van der Waals surface area contributed by atoms with Crippen molar-refractivity contribution in [1.29, 1.82) is 0 Å². The molecule has 116 valence electrons. The van der Waals surface area contributed by atoms with E-state index < -0.39 is 5.41 Å². The van der Waals surface area contributed by atoms with E-state index in [4.69, 9.17) is 0 Å². The highest BCUT2D eigenvalue weighted by atomic mass is 16.2. The standard InChI is InChI=1S/C20H24O2/c1-14(2)17-11-8-12-20(13-17,15(3)4)19(22)18(21)16-9-6-5-7-10-16/h5-12,14-15H,13H2,1-4H3. The van der Waals surface area contributed by atoms with Crippen molar-refractivity contribution in [3.05, 3.63) is 59.7 Å². The zero-order valence-corrected chi connectivity index (χ0v) is 13.8. The van der Waals surface area contributed by atoms with E-state index in [1.165, 1.54) is 5.57 Å². The van der Waals surface area contributed by atoms with Crippen molar-refractivity contribution in [3.63, 3.8) is 0 Å². The summed E-state index contributed by atoms with van der Waals surface area (Å²) in [6, 6.07) is 8.84. The Labute approximate surface area is 132 Å².